The van der Waals surface area contributed by atoms with Gasteiger partial charge in [0.05, 0.1) is 0 Å². The molecule has 0 atom stereocenters. The lowest BCUT2D eigenvalue weighted by Crippen LogP contribution is -2.10. The summed E-state index contributed by atoms with van der Waals surface area (Å²) in [5.74, 6) is 0. The van der Waals surface area contributed by atoms with Gasteiger partial charge in [-0.1, -0.05) is 197 Å². The maximum atomic E-state index is 2.37. The Kier molecular flexibility index (Phi) is 20.9. The molecule has 6 nitrogen and oxygen atoms in total. The predicted molar refractivity (Wildman–Crippen MR) is 475 cm³/mol. The topological polar surface area (TPSA) is 29.6 Å². The van der Waals surface area contributed by atoms with E-state index in [-0.39, 0.29) is 16.2 Å². The van der Waals surface area contributed by atoms with Crippen molar-refractivity contribution in [2.45, 2.75) is 160 Å². The van der Waals surface area contributed by atoms with Gasteiger partial charge < -0.3 is 27.4 Å². The molecule has 0 radical (unpaired) electrons. The van der Waals surface area contributed by atoms with E-state index >= 15 is 0 Å². The van der Waals surface area contributed by atoms with Gasteiger partial charge in [0.1, 0.15) is 0 Å². The lowest BCUT2D eigenvalue weighted by molar-refractivity contribution is 0.591. The third-order valence-electron chi connectivity index (χ3n) is 23.1. The lowest BCUT2D eigenvalue weighted by Gasteiger charge is -2.19. The number of para-hydroxylation sites is 1. The van der Waals surface area contributed by atoms with E-state index in [0.29, 0.717) is 0 Å². The van der Waals surface area contributed by atoms with Gasteiger partial charge >= 0.3 is 0 Å². The first-order chi connectivity index (χ1) is 51.4. The molecule has 0 unspecified atom stereocenters. The van der Waals surface area contributed by atoms with Gasteiger partial charge in [0, 0.05) is 173 Å². The monoisotopic (exact) mass is 1420 g/mol. The van der Waals surface area contributed by atoms with Crippen molar-refractivity contribution in [2.24, 2.45) is 42.3 Å². The molecule has 6 heterocycles. The third-order valence-corrected chi connectivity index (χ3v) is 23.1. The molecular weight excluding hydrogens is 1310 g/mol. The summed E-state index contributed by atoms with van der Waals surface area (Å²) in [4.78, 5) is 0. The van der Waals surface area contributed by atoms with Gasteiger partial charge in [-0.15, -0.1) is 0 Å². The van der Waals surface area contributed by atoms with Crippen molar-refractivity contribution in [1.29, 1.82) is 0 Å². The highest BCUT2D eigenvalue weighted by atomic mass is 15.0. The maximum absolute atomic E-state index is 2.37. The minimum atomic E-state index is 0.193. The van der Waals surface area contributed by atoms with Crippen LogP contribution in [0.25, 0.3) is 131 Å². The van der Waals surface area contributed by atoms with Crippen LogP contribution in [0.15, 0.2) is 224 Å². The maximum Gasteiger partial charge on any atom is 0.0488 e. The first-order valence-corrected chi connectivity index (χ1v) is 39.3. The summed E-state index contributed by atoms with van der Waals surface area (Å²) in [7, 11) is 12.9. The van der Waals surface area contributed by atoms with Crippen molar-refractivity contribution in [3.05, 3.63) is 286 Å². The zero-order valence-corrected chi connectivity index (χ0v) is 68.9. The smallest absolute Gasteiger partial charge is 0.0488 e. The molecule has 6 aromatic heterocycles. The number of aromatic nitrogens is 6. The van der Waals surface area contributed by atoms with Crippen LogP contribution in [-0.4, -0.2) is 27.4 Å². The van der Waals surface area contributed by atoms with Crippen LogP contribution in [0.1, 0.15) is 151 Å². The van der Waals surface area contributed by atoms with Gasteiger partial charge in [0.25, 0.3) is 0 Å². The van der Waals surface area contributed by atoms with Crippen LogP contribution in [0, 0.1) is 27.7 Å². The summed E-state index contributed by atoms with van der Waals surface area (Å²) in [6, 6.07) is 83.3. The summed E-state index contributed by atoms with van der Waals surface area (Å²) in [5, 5.41) is 16.5. The zero-order valence-electron chi connectivity index (χ0n) is 68.9. The minimum absolute atomic E-state index is 0.193. The Labute approximate surface area is 641 Å². The number of benzene rings is 12. The highest BCUT2D eigenvalue weighted by molar-refractivity contribution is 6.13. The second-order valence-electron chi connectivity index (χ2n) is 33.7. The van der Waals surface area contributed by atoms with E-state index in [1.54, 1.807) is 0 Å². The highest BCUT2D eigenvalue weighted by Crippen LogP contribution is 2.39. The Bertz CT molecular complexity index is 6290. The molecule has 552 valence electrons. The van der Waals surface area contributed by atoms with Crippen LogP contribution in [0.2, 0.25) is 0 Å². The van der Waals surface area contributed by atoms with Crippen molar-refractivity contribution in [1.82, 2.24) is 27.4 Å². The van der Waals surface area contributed by atoms with Crippen LogP contribution in [-0.2, 0) is 84.2 Å². The summed E-state index contributed by atoms with van der Waals surface area (Å²) in [6.45, 7) is 37.9. The first-order valence-electron chi connectivity index (χ1n) is 39.3. The Balaban J connectivity index is 0.000000114. The Morgan fingerprint density at radius 1 is 0.194 bits per heavy atom. The minimum Gasteiger partial charge on any atom is -0.344 e. The fourth-order valence-electron chi connectivity index (χ4n) is 16.2. The zero-order chi connectivity index (χ0) is 77.2. The molecule has 6 heteroatoms. The van der Waals surface area contributed by atoms with E-state index in [0.717, 1.165) is 25.7 Å². The highest BCUT2D eigenvalue weighted by Gasteiger charge is 2.21. The standard InChI is InChI=1S/C19H23N.C18H21N.2C17H19N.C16H17N.C15H15N/c1-6-13-7-9-17-15(11-13)16-12-14(19(2,3)4)8-10-18(16)20(17)5;1-12-6-8-16-14(10-12)15-11-13(18(2,3)4)7-9-17(15)19(16)5;1-17(2,3)12-9-10-16-14(11-12)13-7-5-6-8-15(13)18(16)4;1-4-12-6-8-16-14(10-12)15-11-13(5-2)7-9-17(15)18(16)3;1-4-12-6-8-16-14(10-12)13-9-11(2)5-7-15(13)17(16)3;1-10-4-6-14-12(8-10)13-9-11(2)5-7-15(13)16(14)3/h7-12H,6H2,1-5H3;6-11H,1-5H3;5-11H,1-4H3;6-11H,4-5H2,1-3H3;5-10H,4H2,1-3H3;4-9H,1-3H3. The summed E-state index contributed by atoms with van der Waals surface area (Å²) >= 11 is 0. The molecule has 0 bridgehead atoms. The number of aryl methyl sites for hydroxylation is 14. The summed E-state index contributed by atoms with van der Waals surface area (Å²) < 4.78 is 13.7. The fourth-order valence-corrected chi connectivity index (χ4v) is 16.2. The van der Waals surface area contributed by atoms with E-state index in [1.165, 1.54) is 192 Å². The van der Waals surface area contributed by atoms with Gasteiger partial charge in [0.15, 0.2) is 0 Å². The third kappa shape index (κ3) is 14.6. The quantitative estimate of drug-likeness (QED) is 0.168. The van der Waals surface area contributed by atoms with Crippen LogP contribution >= 0.6 is 0 Å². The van der Waals surface area contributed by atoms with Gasteiger partial charge in [-0.2, -0.15) is 0 Å². The summed E-state index contributed by atoms with van der Waals surface area (Å²) in [5.41, 5.74) is 31.5. The summed E-state index contributed by atoms with van der Waals surface area (Å²) in [6.07, 6.45) is 4.38. The molecule has 0 aliphatic rings. The van der Waals surface area contributed by atoms with Gasteiger partial charge in [-0.05, 0) is 248 Å². The van der Waals surface area contributed by atoms with E-state index in [4.69, 9.17) is 0 Å². The van der Waals surface area contributed by atoms with Gasteiger partial charge in [-0.3, -0.25) is 0 Å². The molecule has 18 rings (SSSR count). The van der Waals surface area contributed by atoms with Crippen LogP contribution in [0.3, 0.4) is 0 Å². The number of hydrogen-bond acceptors (Lipinski definition) is 0. The average molecular weight is 1420 g/mol. The molecule has 0 aliphatic heterocycles. The molecule has 0 N–H and O–H groups in total. The molecule has 0 saturated heterocycles. The Morgan fingerprint density at radius 3 is 0.593 bits per heavy atom. The normalized spacial score (nSPS) is 12.0. The first kappa shape index (κ1) is 75.7. The lowest BCUT2D eigenvalue weighted by atomic mass is 9.86. The molecule has 108 heavy (non-hydrogen) atoms. The van der Waals surface area contributed by atoms with Crippen LogP contribution in [0.4, 0.5) is 0 Å². The van der Waals surface area contributed by atoms with Crippen molar-refractivity contribution in [3.63, 3.8) is 0 Å². The molecule has 0 fully saturated rings. The van der Waals surface area contributed by atoms with Crippen molar-refractivity contribution < 1.29 is 0 Å². The second kappa shape index (κ2) is 29.9. The molecule has 0 saturated carbocycles. The van der Waals surface area contributed by atoms with Gasteiger partial charge in [-0.25, -0.2) is 0 Å². The number of hydrogen-bond donors (Lipinski definition) is 0. The SMILES string of the molecule is CCc1ccc2c(c1)c1cc(C(C)(C)C)ccc1n2C.CCc1ccc2c(c1)c1cc(C)ccc1n2C.CCc1ccc2c(c1)c1cc(CC)ccc1n2C.Cc1ccc2c(c1)c1cc(C(C)(C)C)ccc1n2C.Cc1ccc2c(c1)c1cc(C)ccc1n2C.Cn1c2ccccc2c2cc(C(C)(C)C)ccc21. The average Bonchev–Trinajstić information content (AvgIpc) is 1.63. The Morgan fingerprint density at radius 2 is 0.370 bits per heavy atom. The van der Waals surface area contributed by atoms with E-state index in [2.05, 4.69) is 412 Å². The number of rotatable bonds is 4. The van der Waals surface area contributed by atoms with Crippen molar-refractivity contribution in [2.75, 3.05) is 0 Å². The molecule has 18 aromatic rings. The Hall–Kier alpha value is -10.6. The molecule has 0 aliphatic carbocycles. The molecule has 0 amide bonds. The molecule has 12 aromatic carbocycles. The van der Waals surface area contributed by atoms with E-state index in [1.807, 2.05) is 0 Å². The van der Waals surface area contributed by atoms with E-state index in [9.17, 15) is 0 Å². The van der Waals surface area contributed by atoms with Gasteiger partial charge in [0.2, 0.25) is 0 Å². The predicted octanol–water partition coefficient (Wildman–Crippen LogP) is 27.4. The molecular formula is C102H114N6. The van der Waals surface area contributed by atoms with Crippen molar-refractivity contribution in [3.8, 4) is 0 Å². The fraction of sp³-hybridized carbons (Fsp3) is 0.294. The van der Waals surface area contributed by atoms with Crippen LogP contribution in [0.5, 0.6) is 0 Å². The van der Waals surface area contributed by atoms with Crippen LogP contribution < -0.4 is 0 Å². The number of nitrogens with zero attached hydrogens (tertiary/aromatic N) is 6. The largest absolute Gasteiger partial charge is 0.344 e. The van der Waals surface area contributed by atoms with Crippen molar-refractivity contribution >= 4 is 131 Å². The molecule has 0 spiro atoms. The number of fused-ring (bicyclic) bond motifs is 18. The second-order valence-corrected chi connectivity index (χ2v) is 33.7. The van der Waals surface area contributed by atoms with E-state index < -0.39 is 0 Å².